The first-order chi connectivity index (χ1) is 9.54. The number of thiophene rings is 1. The monoisotopic (exact) mass is 293 g/mol. The highest BCUT2D eigenvalue weighted by Gasteiger charge is 2.19. The molecule has 0 unspecified atom stereocenters. The van der Waals surface area contributed by atoms with Gasteiger partial charge in [0, 0.05) is 0 Å². The number of aromatic nitrogens is 2. The number of aryl methyl sites for hydroxylation is 1. The number of hydrogen-bond acceptors (Lipinski definition) is 6. The molecule has 1 amide bonds. The Labute approximate surface area is 117 Å². The van der Waals surface area contributed by atoms with Crippen LogP contribution in [0.25, 0.3) is 10.2 Å². The third-order valence-electron chi connectivity index (χ3n) is 2.47. The number of rotatable bonds is 4. The van der Waals surface area contributed by atoms with E-state index >= 15 is 0 Å². The van der Waals surface area contributed by atoms with Gasteiger partial charge in [0.25, 0.3) is 0 Å². The molecule has 7 nitrogen and oxygen atoms in total. The molecule has 0 saturated carbocycles. The van der Waals surface area contributed by atoms with Gasteiger partial charge in [0.2, 0.25) is 0 Å². The number of carbonyl (C=O) groups is 2. The SMILES string of the molecule is C=CCOC(=O)Nc1ncnc2sc(C(=O)O)c(C)c12. The molecule has 0 radical (unpaired) electrons. The molecule has 0 spiro atoms. The van der Waals surface area contributed by atoms with Gasteiger partial charge < -0.3 is 9.84 Å². The number of fused-ring (bicyclic) bond motifs is 1. The first kappa shape index (κ1) is 13.9. The summed E-state index contributed by atoms with van der Waals surface area (Å²) in [4.78, 5) is 31.2. The zero-order valence-corrected chi connectivity index (χ0v) is 11.4. The lowest BCUT2D eigenvalue weighted by Crippen LogP contribution is -2.15. The standard InChI is InChI=1S/C12H11N3O4S/c1-3-4-19-12(18)15-9-7-6(2)8(11(16)17)20-10(7)14-5-13-9/h3,5H,1,4H2,2H3,(H,16,17)(H,13,14,15,18). The number of carboxylic acid groups (broad SMARTS) is 1. The molecule has 0 fully saturated rings. The Morgan fingerprint density at radius 1 is 1.55 bits per heavy atom. The van der Waals surface area contributed by atoms with Crippen molar-refractivity contribution in [3.8, 4) is 0 Å². The molecule has 0 aliphatic carbocycles. The van der Waals surface area contributed by atoms with Crippen molar-refractivity contribution >= 4 is 39.4 Å². The minimum absolute atomic E-state index is 0.0725. The fourth-order valence-electron chi connectivity index (χ4n) is 1.64. The first-order valence-electron chi connectivity index (χ1n) is 5.56. The van der Waals surface area contributed by atoms with Crippen LogP contribution in [0.5, 0.6) is 0 Å². The van der Waals surface area contributed by atoms with Crippen LogP contribution >= 0.6 is 11.3 Å². The topological polar surface area (TPSA) is 101 Å². The average molecular weight is 293 g/mol. The fourth-order valence-corrected chi connectivity index (χ4v) is 2.63. The molecule has 2 rings (SSSR count). The highest BCUT2D eigenvalue weighted by Crippen LogP contribution is 2.33. The molecule has 20 heavy (non-hydrogen) atoms. The Bertz CT molecular complexity index is 695. The van der Waals surface area contributed by atoms with Gasteiger partial charge in [0.15, 0.2) is 0 Å². The van der Waals surface area contributed by atoms with Gasteiger partial charge in [-0.1, -0.05) is 12.7 Å². The van der Waals surface area contributed by atoms with E-state index in [0.29, 0.717) is 15.8 Å². The second kappa shape index (κ2) is 5.66. The smallest absolute Gasteiger partial charge is 0.413 e. The van der Waals surface area contributed by atoms with Crippen molar-refractivity contribution in [2.24, 2.45) is 0 Å². The number of aromatic carboxylic acids is 1. The molecule has 2 N–H and O–H groups in total. The Hall–Kier alpha value is -2.48. The normalized spacial score (nSPS) is 10.2. The summed E-state index contributed by atoms with van der Waals surface area (Å²) in [5.41, 5.74) is 0.511. The number of anilines is 1. The van der Waals surface area contributed by atoms with E-state index < -0.39 is 12.1 Å². The van der Waals surface area contributed by atoms with E-state index in [0.717, 1.165) is 11.3 Å². The number of nitrogens with zero attached hydrogens (tertiary/aromatic N) is 2. The van der Waals surface area contributed by atoms with Gasteiger partial charge in [0.1, 0.15) is 28.5 Å². The molecule has 0 bridgehead atoms. The van der Waals surface area contributed by atoms with Crippen LogP contribution in [0, 0.1) is 6.92 Å². The van der Waals surface area contributed by atoms with Crippen LogP contribution in [0.15, 0.2) is 19.0 Å². The maximum absolute atomic E-state index is 11.5. The van der Waals surface area contributed by atoms with Gasteiger partial charge in [-0.15, -0.1) is 11.3 Å². The zero-order chi connectivity index (χ0) is 14.7. The van der Waals surface area contributed by atoms with Crippen molar-refractivity contribution in [2.45, 2.75) is 6.92 Å². The fraction of sp³-hybridized carbons (Fsp3) is 0.167. The van der Waals surface area contributed by atoms with E-state index in [1.54, 1.807) is 6.92 Å². The lowest BCUT2D eigenvalue weighted by atomic mass is 10.2. The maximum Gasteiger partial charge on any atom is 0.413 e. The second-order valence-electron chi connectivity index (χ2n) is 3.78. The number of nitrogens with one attached hydrogen (secondary N) is 1. The van der Waals surface area contributed by atoms with Crippen molar-refractivity contribution in [1.82, 2.24) is 9.97 Å². The molecule has 0 atom stereocenters. The van der Waals surface area contributed by atoms with E-state index in [9.17, 15) is 9.59 Å². The van der Waals surface area contributed by atoms with E-state index in [-0.39, 0.29) is 17.3 Å². The molecule has 2 aromatic heterocycles. The molecule has 0 aromatic carbocycles. The summed E-state index contributed by atoms with van der Waals surface area (Å²) in [5.74, 6) is -0.809. The van der Waals surface area contributed by atoms with Crippen molar-refractivity contribution in [1.29, 1.82) is 0 Å². The van der Waals surface area contributed by atoms with Crippen LogP contribution in [0.3, 0.4) is 0 Å². The van der Waals surface area contributed by atoms with Crippen LogP contribution in [-0.2, 0) is 4.74 Å². The average Bonchev–Trinajstić information content (AvgIpc) is 2.75. The van der Waals surface area contributed by atoms with Gasteiger partial charge in [-0.2, -0.15) is 0 Å². The number of carboxylic acids is 1. The van der Waals surface area contributed by atoms with Crippen molar-refractivity contribution in [3.63, 3.8) is 0 Å². The summed E-state index contributed by atoms with van der Waals surface area (Å²) in [6, 6.07) is 0. The van der Waals surface area contributed by atoms with Gasteiger partial charge >= 0.3 is 12.1 Å². The molecule has 0 saturated heterocycles. The lowest BCUT2D eigenvalue weighted by Gasteiger charge is -2.05. The van der Waals surface area contributed by atoms with E-state index in [4.69, 9.17) is 9.84 Å². The highest BCUT2D eigenvalue weighted by molar-refractivity contribution is 7.20. The lowest BCUT2D eigenvalue weighted by molar-refractivity contribution is 0.0701. The molecular weight excluding hydrogens is 282 g/mol. The van der Waals surface area contributed by atoms with Gasteiger partial charge in [0.05, 0.1) is 5.39 Å². The van der Waals surface area contributed by atoms with Gasteiger partial charge in [-0.05, 0) is 12.5 Å². The van der Waals surface area contributed by atoms with Crippen molar-refractivity contribution in [3.05, 3.63) is 29.4 Å². The molecule has 8 heteroatoms. The van der Waals surface area contributed by atoms with Crippen molar-refractivity contribution in [2.75, 3.05) is 11.9 Å². The predicted octanol–water partition coefficient (Wildman–Crippen LogP) is 2.43. The minimum atomic E-state index is -1.04. The van der Waals surface area contributed by atoms with Crippen molar-refractivity contribution < 1.29 is 19.4 Å². The van der Waals surface area contributed by atoms with Gasteiger partial charge in [-0.25, -0.2) is 19.6 Å². The van der Waals surface area contributed by atoms with Crippen LogP contribution in [0.4, 0.5) is 10.6 Å². The second-order valence-corrected chi connectivity index (χ2v) is 4.77. The highest BCUT2D eigenvalue weighted by atomic mass is 32.1. The van der Waals surface area contributed by atoms with Crippen LogP contribution < -0.4 is 5.32 Å². The quantitative estimate of drug-likeness (QED) is 0.839. The molecule has 0 aliphatic rings. The predicted molar refractivity (Wildman–Crippen MR) is 74.3 cm³/mol. The van der Waals surface area contributed by atoms with E-state index in [1.165, 1.54) is 12.4 Å². The number of carbonyl (C=O) groups excluding carboxylic acids is 1. The van der Waals surface area contributed by atoms with E-state index in [1.807, 2.05) is 0 Å². The van der Waals surface area contributed by atoms with Crippen LogP contribution in [-0.4, -0.2) is 33.7 Å². The molecular formula is C12H11N3O4S. The summed E-state index contributed by atoms with van der Waals surface area (Å²) in [5, 5.41) is 12.1. The largest absolute Gasteiger partial charge is 0.477 e. The Balaban J connectivity index is 2.41. The molecule has 0 aliphatic heterocycles. The van der Waals surface area contributed by atoms with Crippen LogP contribution in [0.1, 0.15) is 15.2 Å². The first-order valence-corrected chi connectivity index (χ1v) is 6.38. The summed E-state index contributed by atoms with van der Waals surface area (Å²) < 4.78 is 4.80. The zero-order valence-electron chi connectivity index (χ0n) is 10.5. The maximum atomic E-state index is 11.5. The minimum Gasteiger partial charge on any atom is -0.477 e. The number of ether oxygens (including phenoxy) is 1. The summed E-state index contributed by atoms with van der Waals surface area (Å²) in [7, 11) is 0. The Morgan fingerprint density at radius 2 is 2.30 bits per heavy atom. The van der Waals surface area contributed by atoms with Crippen LogP contribution in [0.2, 0.25) is 0 Å². The molecule has 104 valence electrons. The molecule has 2 heterocycles. The summed E-state index contributed by atoms with van der Waals surface area (Å²) >= 11 is 1.03. The Kier molecular flexibility index (Phi) is 3.94. The summed E-state index contributed by atoms with van der Waals surface area (Å²) in [6.45, 7) is 5.15. The van der Waals surface area contributed by atoms with E-state index in [2.05, 4.69) is 21.9 Å². The number of amides is 1. The Morgan fingerprint density at radius 3 is 2.95 bits per heavy atom. The number of hydrogen-bond donors (Lipinski definition) is 2. The summed E-state index contributed by atoms with van der Waals surface area (Å²) in [6.07, 6.45) is 2.01. The third kappa shape index (κ3) is 2.59. The third-order valence-corrected chi connectivity index (χ3v) is 3.66. The molecule has 2 aromatic rings. The van der Waals surface area contributed by atoms with Gasteiger partial charge in [-0.3, -0.25) is 5.32 Å².